The highest BCUT2D eigenvalue weighted by Gasteiger charge is 2.03. The second kappa shape index (κ2) is 10.1. The molecule has 0 heterocycles. The van der Waals surface area contributed by atoms with Gasteiger partial charge in [0.05, 0.1) is 10.8 Å². The molecule has 108 valence electrons. The summed E-state index contributed by atoms with van der Waals surface area (Å²) in [5.41, 5.74) is 0. The smallest absolute Gasteiger partial charge is 0.123 e. The molecule has 1 atom stereocenters. The molecule has 1 aromatic carbocycles. The Morgan fingerprint density at radius 3 is 2.00 bits per heavy atom. The molecule has 0 bridgehead atoms. The third kappa shape index (κ3) is 7.46. The Bertz CT molecular complexity index is 362. The summed E-state index contributed by atoms with van der Waals surface area (Å²) in [6.45, 7) is 2.23. The van der Waals surface area contributed by atoms with Gasteiger partial charge in [-0.3, -0.25) is 4.21 Å². The van der Waals surface area contributed by atoms with Gasteiger partial charge in [-0.05, 0) is 30.7 Å². The van der Waals surface area contributed by atoms with E-state index in [1.54, 1.807) is 12.1 Å². The van der Waals surface area contributed by atoms with Gasteiger partial charge in [0, 0.05) is 10.6 Å². The second-order valence-electron chi connectivity index (χ2n) is 4.98. The summed E-state index contributed by atoms with van der Waals surface area (Å²) in [6.07, 6.45) is 9.99. The van der Waals surface area contributed by atoms with Crippen molar-refractivity contribution >= 4 is 10.8 Å². The molecule has 3 heteroatoms. The predicted octanol–water partition coefficient (Wildman–Crippen LogP) is 5.07. The van der Waals surface area contributed by atoms with Crippen molar-refractivity contribution < 1.29 is 8.60 Å². The summed E-state index contributed by atoms with van der Waals surface area (Å²) in [5, 5.41) is 0. The maximum absolute atomic E-state index is 12.7. The van der Waals surface area contributed by atoms with Crippen LogP contribution >= 0.6 is 0 Å². The van der Waals surface area contributed by atoms with Gasteiger partial charge in [-0.2, -0.15) is 0 Å². The van der Waals surface area contributed by atoms with Gasteiger partial charge in [0.25, 0.3) is 0 Å². The van der Waals surface area contributed by atoms with E-state index >= 15 is 0 Å². The third-order valence-corrected chi connectivity index (χ3v) is 4.72. The molecule has 19 heavy (non-hydrogen) atoms. The molecule has 0 saturated heterocycles. The molecular formula is C16H25FOS. The molecular weight excluding hydrogens is 259 g/mol. The molecule has 1 nitrogen and oxygen atoms in total. The molecule has 0 aliphatic rings. The van der Waals surface area contributed by atoms with Crippen LogP contribution in [0.2, 0.25) is 0 Å². The number of hydrogen-bond donors (Lipinski definition) is 0. The van der Waals surface area contributed by atoms with E-state index in [1.807, 2.05) is 0 Å². The van der Waals surface area contributed by atoms with Crippen LogP contribution in [-0.4, -0.2) is 9.96 Å². The number of halogens is 1. The van der Waals surface area contributed by atoms with Gasteiger partial charge in [-0.1, -0.05) is 51.9 Å². The van der Waals surface area contributed by atoms with E-state index in [1.165, 1.54) is 50.7 Å². The molecule has 1 rings (SSSR count). The monoisotopic (exact) mass is 284 g/mol. The van der Waals surface area contributed by atoms with E-state index < -0.39 is 10.8 Å². The number of rotatable bonds is 10. The Morgan fingerprint density at radius 2 is 1.42 bits per heavy atom. The molecule has 0 fully saturated rings. The fourth-order valence-corrected chi connectivity index (χ4v) is 3.21. The molecule has 0 aliphatic carbocycles. The average molecular weight is 284 g/mol. The molecule has 0 amide bonds. The van der Waals surface area contributed by atoms with E-state index in [0.29, 0.717) is 5.75 Å². The maximum Gasteiger partial charge on any atom is 0.123 e. The van der Waals surface area contributed by atoms with E-state index in [4.69, 9.17) is 0 Å². The maximum atomic E-state index is 12.7. The van der Waals surface area contributed by atoms with Crippen LogP contribution in [0.15, 0.2) is 29.2 Å². The number of unbranched alkanes of at least 4 members (excludes halogenated alkanes) is 7. The zero-order valence-corrected chi connectivity index (χ0v) is 12.7. The van der Waals surface area contributed by atoms with Crippen LogP contribution in [0, 0.1) is 5.82 Å². The van der Waals surface area contributed by atoms with Crippen molar-refractivity contribution in [3.63, 3.8) is 0 Å². The van der Waals surface area contributed by atoms with Crippen LogP contribution in [0.1, 0.15) is 58.3 Å². The topological polar surface area (TPSA) is 17.1 Å². The van der Waals surface area contributed by atoms with Gasteiger partial charge in [0.2, 0.25) is 0 Å². The molecule has 1 unspecified atom stereocenters. The van der Waals surface area contributed by atoms with Crippen molar-refractivity contribution in [3.05, 3.63) is 30.1 Å². The Labute approximate surface area is 119 Å². The third-order valence-electron chi connectivity index (χ3n) is 3.26. The minimum Gasteiger partial charge on any atom is -0.254 e. The zero-order valence-electron chi connectivity index (χ0n) is 11.9. The van der Waals surface area contributed by atoms with Gasteiger partial charge in [0.1, 0.15) is 5.82 Å². The molecule has 0 N–H and O–H groups in total. The Balaban J connectivity index is 2.06. The minimum absolute atomic E-state index is 0.271. The molecule has 0 spiro atoms. The predicted molar refractivity (Wildman–Crippen MR) is 80.3 cm³/mol. The van der Waals surface area contributed by atoms with Gasteiger partial charge >= 0.3 is 0 Å². The first-order valence-electron chi connectivity index (χ1n) is 7.38. The first kappa shape index (κ1) is 16.4. The highest BCUT2D eigenvalue weighted by Crippen LogP contribution is 2.12. The van der Waals surface area contributed by atoms with Crippen LogP contribution in [0.4, 0.5) is 4.39 Å². The standard InChI is InChI=1S/C16H25FOS/c1-2-3-4-5-6-7-8-9-14-19(18)16-12-10-15(17)11-13-16/h10-13H,2-9,14H2,1H3. The number of hydrogen-bond acceptors (Lipinski definition) is 1. The normalized spacial score (nSPS) is 12.5. The van der Waals surface area contributed by atoms with Crippen molar-refractivity contribution in [3.8, 4) is 0 Å². The SMILES string of the molecule is CCCCCCCCCCS(=O)c1ccc(F)cc1. The van der Waals surface area contributed by atoms with Gasteiger partial charge < -0.3 is 0 Å². The Hall–Kier alpha value is -0.700. The summed E-state index contributed by atoms with van der Waals surface area (Å²) >= 11 is 0. The quantitative estimate of drug-likeness (QED) is 0.548. The summed E-state index contributed by atoms with van der Waals surface area (Å²) in [5.74, 6) is 0.425. The lowest BCUT2D eigenvalue weighted by Gasteiger charge is -2.03. The largest absolute Gasteiger partial charge is 0.254 e. The van der Waals surface area contributed by atoms with Gasteiger partial charge in [0.15, 0.2) is 0 Å². The van der Waals surface area contributed by atoms with E-state index in [2.05, 4.69) is 6.92 Å². The fourth-order valence-electron chi connectivity index (χ4n) is 2.07. The van der Waals surface area contributed by atoms with Crippen molar-refractivity contribution in [2.75, 3.05) is 5.75 Å². The summed E-state index contributed by atoms with van der Waals surface area (Å²) in [7, 11) is -0.969. The van der Waals surface area contributed by atoms with Gasteiger partial charge in [-0.15, -0.1) is 0 Å². The first-order valence-corrected chi connectivity index (χ1v) is 8.70. The Morgan fingerprint density at radius 1 is 0.895 bits per heavy atom. The Kier molecular flexibility index (Phi) is 8.72. The van der Waals surface area contributed by atoms with Crippen molar-refractivity contribution in [1.29, 1.82) is 0 Å². The zero-order chi connectivity index (χ0) is 13.9. The minimum atomic E-state index is -0.969. The lowest BCUT2D eigenvalue weighted by molar-refractivity contribution is 0.584. The van der Waals surface area contributed by atoms with E-state index in [9.17, 15) is 8.60 Å². The van der Waals surface area contributed by atoms with Crippen LogP contribution in [0.5, 0.6) is 0 Å². The molecule has 0 saturated carbocycles. The number of benzene rings is 1. The van der Waals surface area contributed by atoms with E-state index in [0.717, 1.165) is 17.7 Å². The molecule has 0 aliphatic heterocycles. The van der Waals surface area contributed by atoms with Crippen LogP contribution in [0.3, 0.4) is 0 Å². The van der Waals surface area contributed by atoms with Gasteiger partial charge in [-0.25, -0.2) is 4.39 Å². The fraction of sp³-hybridized carbons (Fsp3) is 0.625. The lowest BCUT2D eigenvalue weighted by Crippen LogP contribution is -1.98. The summed E-state index contributed by atoms with van der Waals surface area (Å²) in [4.78, 5) is 0.740. The first-order chi connectivity index (χ1) is 9.24. The molecule has 1 aromatic rings. The van der Waals surface area contributed by atoms with Crippen LogP contribution in [-0.2, 0) is 10.8 Å². The summed E-state index contributed by atoms with van der Waals surface area (Å²) in [6, 6.07) is 5.99. The van der Waals surface area contributed by atoms with Crippen molar-refractivity contribution in [2.24, 2.45) is 0 Å². The average Bonchev–Trinajstić information content (AvgIpc) is 2.42. The molecule has 0 aromatic heterocycles. The summed E-state index contributed by atoms with van der Waals surface area (Å²) < 4.78 is 24.6. The van der Waals surface area contributed by atoms with Crippen LogP contribution in [0.25, 0.3) is 0 Å². The van der Waals surface area contributed by atoms with E-state index in [-0.39, 0.29) is 5.82 Å². The highest BCUT2D eigenvalue weighted by molar-refractivity contribution is 7.85. The van der Waals surface area contributed by atoms with Crippen LogP contribution < -0.4 is 0 Å². The van der Waals surface area contributed by atoms with Crippen molar-refractivity contribution in [2.45, 2.75) is 63.2 Å². The highest BCUT2D eigenvalue weighted by atomic mass is 32.2. The second-order valence-corrected chi connectivity index (χ2v) is 6.55. The molecule has 0 radical (unpaired) electrons. The van der Waals surface area contributed by atoms with Crippen molar-refractivity contribution in [1.82, 2.24) is 0 Å². The lowest BCUT2D eigenvalue weighted by atomic mass is 10.1.